The van der Waals surface area contributed by atoms with Crippen molar-refractivity contribution in [3.05, 3.63) is 24.1 Å². The van der Waals surface area contributed by atoms with Crippen LogP contribution in [0, 0.1) is 0 Å². The Bertz CT molecular complexity index is 195. The maximum Gasteiger partial charge on any atom is 0.250 e. The number of rotatable bonds is 0. The van der Waals surface area contributed by atoms with Crippen molar-refractivity contribution in [1.82, 2.24) is 0 Å². The van der Waals surface area contributed by atoms with E-state index < -0.39 is 16.6 Å². The maximum absolute atomic E-state index is 12.7. The van der Waals surface area contributed by atoms with Crippen molar-refractivity contribution in [2.75, 3.05) is 0 Å². The average Bonchev–Trinajstić information content (AvgIpc) is 1.84. The lowest BCUT2D eigenvalue weighted by Gasteiger charge is -2.20. The second kappa shape index (κ2) is 2.42. The zero-order valence-electron chi connectivity index (χ0n) is 4.82. The lowest BCUT2D eigenvalue weighted by Crippen LogP contribution is -2.28. The van der Waals surface area contributed by atoms with Crippen LogP contribution in [-0.2, 0) is 0 Å². The lowest BCUT2D eigenvalue weighted by molar-refractivity contribution is 0.182. The number of halogens is 4. The Morgan fingerprint density at radius 2 is 2.20 bits per heavy atom. The minimum absolute atomic E-state index is 0.880. The Balaban J connectivity index is 2.93. The molecule has 4 heteroatoms. The van der Waals surface area contributed by atoms with Crippen LogP contribution in [0.1, 0.15) is 0 Å². The third kappa shape index (κ3) is 1.12. The minimum Gasteiger partial charge on any atom is -0.238 e. The van der Waals surface area contributed by atoms with Gasteiger partial charge in [0.15, 0.2) is 12.0 Å². The summed E-state index contributed by atoms with van der Waals surface area (Å²) in [4.78, 5) is 0. The van der Waals surface area contributed by atoms with E-state index >= 15 is 0 Å². The molecule has 0 amide bonds. The Hall–Kier alpha value is -0.250. The van der Waals surface area contributed by atoms with Crippen LogP contribution < -0.4 is 0 Å². The first-order valence-corrected chi connectivity index (χ1v) is 3.41. The molecule has 0 aromatic carbocycles. The smallest absolute Gasteiger partial charge is 0.238 e. The lowest BCUT2D eigenvalue weighted by atomic mass is 10.1. The SMILES string of the molecule is FC1=CC=CC(F)C1(F)Br. The monoisotopic (exact) mass is 212 g/mol. The van der Waals surface area contributed by atoms with E-state index in [2.05, 4.69) is 15.9 Å². The molecule has 0 radical (unpaired) electrons. The molecule has 0 saturated heterocycles. The van der Waals surface area contributed by atoms with Crippen LogP contribution >= 0.6 is 15.9 Å². The van der Waals surface area contributed by atoms with E-state index in [1.807, 2.05) is 0 Å². The van der Waals surface area contributed by atoms with Crippen molar-refractivity contribution in [2.45, 2.75) is 10.7 Å². The fourth-order valence-electron chi connectivity index (χ4n) is 0.601. The maximum atomic E-state index is 12.7. The Labute approximate surface area is 64.5 Å². The summed E-state index contributed by atoms with van der Waals surface area (Å²) < 4.78 is 34.8. The number of allylic oxidation sites excluding steroid dienone is 4. The van der Waals surface area contributed by atoms with Crippen LogP contribution in [0.3, 0.4) is 0 Å². The topological polar surface area (TPSA) is 0 Å². The standard InChI is InChI=1S/C6H4BrF3/c7-6(10)4(8)2-1-3-5(6)9/h1-4H. The molecule has 0 heterocycles. The van der Waals surface area contributed by atoms with Crippen molar-refractivity contribution < 1.29 is 13.2 Å². The summed E-state index contributed by atoms with van der Waals surface area (Å²) in [5.74, 6) is -1.14. The third-order valence-electron chi connectivity index (χ3n) is 1.19. The van der Waals surface area contributed by atoms with Crippen molar-refractivity contribution >= 4 is 15.9 Å². The summed E-state index contributed by atoms with van der Waals surface area (Å²) in [6.45, 7) is 0. The minimum atomic E-state index is -2.65. The molecule has 0 spiro atoms. The summed E-state index contributed by atoms with van der Waals surface area (Å²) in [5, 5.41) is 0. The van der Waals surface area contributed by atoms with Crippen LogP contribution in [0.2, 0.25) is 0 Å². The summed E-state index contributed by atoms with van der Waals surface area (Å²) >= 11 is 2.29. The van der Waals surface area contributed by atoms with E-state index in [-0.39, 0.29) is 0 Å². The van der Waals surface area contributed by atoms with Crippen LogP contribution in [0.15, 0.2) is 24.1 Å². The largest absolute Gasteiger partial charge is 0.250 e. The Morgan fingerprint density at radius 1 is 1.60 bits per heavy atom. The molecule has 2 unspecified atom stereocenters. The Morgan fingerprint density at radius 3 is 2.60 bits per heavy atom. The van der Waals surface area contributed by atoms with E-state index in [1.165, 1.54) is 0 Å². The first kappa shape index (κ1) is 7.85. The summed E-state index contributed by atoms with van der Waals surface area (Å²) in [5.41, 5.74) is 0. The van der Waals surface area contributed by atoms with Crippen LogP contribution in [-0.4, -0.2) is 10.7 Å². The van der Waals surface area contributed by atoms with Crippen LogP contribution in [0.25, 0.3) is 0 Å². The number of hydrogen-bond acceptors (Lipinski definition) is 0. The first-order valence-electron chi connectivity index (χ1n) is 2.61. The normalized spacial score (nSPS) is 39.6. The summed E-state index contributed by atoms with van der Waals surface area (Å²) in [6.07, 6.45) is 1.01. The van der Waals surface area contributed by atoms with Crippen molar-refractivity contribution in [2.24, 2.45) is 0 Å². The van der Waals surface area contributed by atoms with Crippen molar-refractivity contribution in [3.63, 3.8) is 0 Å². The van der Waals surface area contributed by atoms with Gasteiger partial charge < -0.3 is 0 Å². The zero-order chi connectivity index (χ0) is 7.78. The fraction of sp³-hybridized carbons (Fsp3) is 0.333. The molecule has 0 aliphatic heterocycles. The predicted octanol–water partition coefficient (Wildman–Crippen LogP) is 2.81. The van der Waals surface area contributed by atoms with Gasteiger partial charge in [0.2, 0.25) is 4.58 Å². The zero-order valence-corrected chi connectivity index (χ0v) is 6.41. The van der Waals surface area contributed by atoms with Gasteiger partial charge in [0.05, 0.1) is 0 Å². The van der Waals surface area contributed by atoms with Gasteiger partial charge in [0.25, 0.3) is 0 Å². The van der Waals surface area contributed by atoms with Gasteiger partial charge in [-0.05, 0) is 28.1 Å². The van der Waals surface area contributed by atoms with Crippen LogP contribution in [0.5, 0.6) is 0 Å². The average molecular weight is 213 g/mol. The molecule has 2 atom stereocenters. The highest BCUT2D eigenvalue weighted by Crippen LogP contribution is 2.38. The van der Waals surface area contributed by atoms with Crippen molar-refractivity contribution in [3.8, 4) is 0 Å². The molecule has 56 valence electrons. The third-order valence-corrected chi connectivity index (χ3v) is 2.00. The fourth-order valence-corrected chi connectivity index (χ4v) is 0.886. The van der Waals surface area contributed by atoms with Gasteiger partial charge >= 0.3 is 0 Å². The summed E-state index contributed by atoms with van der Waals surface area (Å²) in [7, 11) is 0. The highest BCUT2D eigenvalue weighted by molar-refractivity contribution is 9.10. The van der Waals surface area contributed by atoms with Gasteiger partial charge in [-0.3, -0.25) is 0 Å². The van der Waals surface area contributed by atoms with Crippen molar-refractivity contribution in [1.29, 1.82) is 0 Å². The molecular weight excluding hydrogens is 209 g/mol. The second-order valence-electron chi connectivity index (χ2n) is 1.92. The number of alkyl halides is 3. The van der Waals surface area contributed by atoms with E-state index in [1.54, 1.807) is 0 Å². The molecule has 0 nitrogen and oxygen atoms in total. The van der Waals surface area contributed by atoms with Gasteiger partial charge in [0, 0.05) is 0 Å². The molecule has 0 saturated carbocycles. The van der Waals surface area contributed by atoms with E-state index in [0.717, 1.165) is 18.2 Å². The molecule has 0 bridgehead atoms. The highest BCUT2D eigenvalue weighted by Gasteiger charge is 2.41. The first-order chi connectivity index (χ1) is 4.55. The van der Waals surface area contributed by atoms with Gasteiger partial charge in [-0.15, -0.1) is 0 Å². The van der Waals surface area contributed by atoms with Crippen LogP contribution in [0.4, 0.5) is 13.2 Å². The second-order valence-corrected chi connectivity index (χ2v) is 3.08. The summed E-state index contributed by atoms with van der Waals surface area (Å²) in [6, 6.07) is 0. The number of hydrogen-bond donors (Lipinski definition) is 0. The quantitative estimate of drug-likeness (QED) is 0.542. The van der Waals surface area contributed by atoms with Gasteiger partial charge in [-0.25, -0.2) is 13.2 Å². The van der Waals surface area contributed by atoms with Gasteiger partial charge in [-0.2, -0.15) is 0 Å². The Kier molecular flexibility index (Phi) is 1.90. The molecule has 10 heavy (non-hydrogen) atoms. The van der Waals surface area contributed by atoms with E-state index in [0.29, 0.717) is 0 Å². The molecule has 0 N–H and O–H groups in total. The molecule has 0 fully saturated rings. The predicted molar refractivity (Wildman–Crippen MR) is 36.0 cm³/mol. The van der Waals surface area contributed by atoms with Gasteiger partial charge in [-0.1, -0.05) is 6.08 Å². The molecular formula is C6H4BrF3. The van der Waals surface area contributed by atoms with Gasteiger partial charge in [0.1, 0.15) is 0 Å². The van der Waals surface area contributed by atoms with E-state index in [4.69, 9.17) is 0 Å². The highest BCUT2D eigenvalue weighted by atomic mass is 79.9. The molecule has 1 rings (SSSR count). The molecule has 1 aliphatic rings. The molecule has 0 aromatic heterocycles. The molecule has 0 aromatic rings. The van der Waals surface area contributed by atoms with E-state index in [9.17, 15) is 13.2 Å². The molecule has 1 aliphatic carbocycles.